The van der Waals surface area contributed by atoms with Crippen LogP contribution in [0.4, 0.5) is 0 Å². The third-order valence-electron chi connectivity index (χ3n) is 8.73. The van der Waals surface area contributed by atoms with Crippen molar-refractivity contribution >= 4 is 32.7 Å². The molecule has 0 N–H and O–H groups in total. The van der Waals surface area contributed by atoms with Crippen molar-refractivity contribution in [2.45, 2.75) is 0 Å². The third kappa shape index (κ3) is 4.93. The average molecular weight is 602 g/mol. The summed E-state index contributed by atoms with van der Waals surface area (Å²) in [5.74, 6) is 1.88. The molecule has 0 aliphatic rings. The van der Waals surface area contributed by atoms with Crippen LogP contribution >= 0.6 is 0 Å². The summed E-state index contributed by atoms with van der Waals surface area (Å²) in [6.45, 7) is 0. The second-order valence-electron chi connectivity index (χ2n) is 11.7. The standard InChI is InChI=1S/C43H27N3O/c1-2-11-30(12-3-1)41-44-42(31-23-20-29(21-24-31)33-25-22-28-10-4-5-13-32(28)26-33)46-43(45-41)35-15-8-14-34(27-35)36-17-9-18-38-37-16-6-7-19-39(37)47-40(36)38/h1-27H. The minimum Gasteiger partial charge on any atom is -0.455 e. The van der Waals surface area contributed by atoms with Gasteiger partial charge in [0.25, 0.3) is 0 Å². The summed E-state index contributed by atoms with van der Waals surface area (Å²) in [7, 11) is 0. The number of para-hydroxylation sites is 2. The lowest BCUT2D eigenvalue weighted by Crippen LogP contribution is -2.00. The monoisotopic (exact) mass is 601 g/mol. The summed E-state index contributed by atoms with van der Waals surface area (Å²) in [6, 6.07) is 56.4. The number of aromatic nitrogens is 3. The molecule has 0 fully saturated rings. The van der Waals surface area contributed by atoms with Crippen molar-refractivity contribution in [3.8, 4) is 56.4 Å². The van der Waals surface area contributed by atoms with Crippen molar-refractivity contribution in [1.29, 1.82) is 0 Å². The van der Waals surface area contributed by atoms with Gasteiger partial charge >= 0.3 is 0 Å². The molecule has 0 saturated carbocycles. The predicted octanol–water partition coefficient (Wildman–Crippen LogP) is 11.3. The molecule has 2 heterocycles. The number of fused-ring (bicyclic) bond motifs is 4. The van der Waals surface area contributed by atoms with Crippen molar-refractivity contribution in [3.05, 3.63) is 164 Å². The van der Waals surface area contributed by atoms with Crippen LogP contribution in [0.1, 0.15) is 0 Å². The summed E-state index contributed by atoms with van der Waals surface area (Å²) in [6.07, 6.45) is 0. The first kappa shape index (κ1) is 27.0. The molecule has 0 bridgehead atoms. The van der Waals surface area contributed by atoms with Gasteiger partial charge in [-0.2, -0.15) is 0 Å². The SMILES string of the molecule is c1ccc(-c2nc(-c3ccc(-c4ccc5ccccc5c4)cc3)nc(-c3cccc(-c4cccc5c4oc4ccccc45)c3)n2)cc1. The third-order valence-corrected chi connectivity index (χ3v) is 8.73. The first-order valence-electron chi connectivity index (χ1n) is 15.7. The predicted molar refractivity (Wildman–Crippen MR) is 192 cm³/mol. The maximum Gasteiger partial charge on any atom is 0.164 e. The van der Waals surface area contributed by atoms with E-state index in [9.17, 15) is 0 Å². The number of rotatable bonds is 5. The van der Waals surface area contributed by atoms with Crippen molar-refractivity contribution < 1.29 is 4.42 Å². The Balaban J connectivity index is 1.14. The maximum absolute atomic E-state index is 6.36. The Bertz CT molecular complexity index is 2570. The number of hydrogen-bond donors (Lipinski definition) is 0. The highest BCUT2D eigenvalue weighted by Gasteiger charge is 2.16. The summed E-state index contributed by atoms with van der Waals surface area (Å²) < 4.78 is 6.36. The van der Waals surface area contributed by atoms with Crippen LogP contribution in [0.25, 0.3) is 89.1 Å². The number of benzene rings is 7. The molecule has 4 heteroatoms. The van der Waals surface area contributed by atoms with Crippen molar-refractivity contribution in [2.24, 2.45) is 0 Å². The molecule has 47 heavy (non-hydrogen) atoms. The van der Waals surface area contributed by atoms with E-state index in [1.54, 1.807) is 0 Å². The molecule has 0 amide bonds. The quantitative estimate of drug-likeness (QED) is 0.197. The Labute approximate surface area is 271 Å². The van der Waals surface area contributed by atoms with Gasteiger partial charge in [-0.1, -0.05) is 146 Å². The smallest absolute Gasteiger partial charge is 0.164 e. The second kappa shape index (κ2) is 11.2. The summed E-state index contributed by atoms with van der Waals surface area (Å²) >= 11 is 0. The lowest BCUT2D eigenvalue weighted by Gasteiger charge is -2.10. The largest absolute Gasteiger partial charge is 0.455 e. The summed E-state index contributed by atoms with van der Waals surface area (Å²) in [5.41, 5.74) is 8.91. The number of hydrogen-bond acceptors (Lipinski definition) is 4. The minimum absolute atomic E-state index is 0.617. The van der Waals surface area contributed by atoms with Gasteiger partial charge in [0.1, 0.15) is 11.2 Å². The van der Waals surface area contributed by atoms with E-state index in [1.807, 2.05) is 48.5 Å². The van der Waals surface area contributed by atoms with E-state index in [4.69, 9.17) is 19.4 Å². The topological polar surface area (TPSA) is 51.8 Å². The van der Waals surface area contributed by atoms with E-state index in [-0.39, 0.29) is 0 Å². The van der Waals surface area contributed by atoms with Crippen LogP contribution in [-0.4, -0.2) is 15.0 Å². The fraction of sp³-hybridized carbons (Fsp3) is 0. The molecular formula is C43H27N3O. The summed E-state index contributed by atoms with van der Waals surface area (Å²) in [4.78, 5) is 15.0. The fourth-order valence-corrected chi connectivity index (χ4v) is 6.33. The van der Waals surface area contributed by atoms with Crippen LogP contribution < -0.4 is 0 Å². The van der Waals surface area contributed by atoms with Crippen LogP contribution in [0.2, 0.25) is 0 Å². The highest BCUT2D eigenvalue weighted by Crippen LogP contribution is 2.37. The average Bonchev–Trinajstić information content (AvgIpc) is 3.54. The zero-order chi connectivity index (χ0) is 31.2. The van der Waals surface area contributed by atoms with Gasteiger partial charge in [0.2, 0.25) is 0 Å². The molecule has 0 aliphatic carbocycles. The van der Waals surface area contributed by atoms with Gasteiger partial charge in [-0.25, -0.2) is 15.0 Å². The van der Waals surface area contributed by atoms with Gasteiger partial charge in [0.15, 0.2) is 17.5 Å². The Morgan fingerprint density at radius 1 is 0.340 bits per heavy atom. The summed E-state index contributed by atoms with van der Waals surface area (Å²) in [5, 5.41) is 4.67. The molecule has 9 aromatic rings. The highest BCUT2D eigenvalue weighted by atomic mass is 16.3. The first-order valence-corrected chi connectivity index (χ1v) is 15.7. The van der Waals surface area contributed by atoms with Crippen LogP contribution in [0, 0.1) is 0 Å². The second-order valence-corrected chi connectivity index (χ2v) is 11.7. The first-order chi connectivity index (χ1) is 23.3. The van der Waals surface area contributed by atoms with Crippen molar-refractivity contribution in [1.82, 2.24) is 15.0 Å². The molecule has 9 rings (SSSR count). The van der Waals surface area contributed by atoms with Gasteiger partial charge in [0, 0.05) is 33.0 Å². The molecule has 4 nitrogen and oxygen atoms in total. The normalized spacial score (nSPS) is 11.4. The van der Waals surface area contributed by atoms with E-state index < -0.39 is 0 Å². The Morgan fingerprint density at radius 3 is 1.74 bits per heavy atom. The van der Waals surface area contributed by atoms with E-state index in [0.29, 0.717) is 17.5 Å². The van der Waals surface area contributed by atoms with Gasteiger partial charge in [-0.3, -0.25) is 0 Å². The molecule has 220 valence electrons. The lowest BCUT2D eigenvalue weighted by atomic mass is 10.00. The van der Waals surface area contributed by atoms with Gasteiger partial charge in [-0.15, -0.1) is 0 Å². The van der Waals surface area contributed by atoms with Gasteiger partial charge < -0.3 is 4.42 Å². The Hall–Kier alpha value is -6.39. The molecule has 7 aromatic carbocycles. The van der Waals surface area contributed by atoms with E-state index in [2.05, 4.69) is 115 Å². The van der Waals surface area contributed by atoms with E-state index in [1.165, 1.54) is 16.3 Å². The molecule has 0 radical (unpaired) electrons. The molecule has 0 unspecified atom stereocenters. The van der Waals surface area contributed by atoms with Crippen LogP contribution in [0.5, 0.6) is 0 Å². The van der Waals surface area contributed by atoms with Crippen molar-refractivity contribution in [2.75, 3.05) is 0 Å². The highest BCUT2D eigenvalue weighted by molar-refractivity contribution is 6.09. The molecule has 0 aliphatic heterocycles. The molecule has 0 atom stereocenters. The molecule has 2 aromatic heterocycles. The number of nitrogens with zero attached hydrogens (tertiary/aromatic N) is 3. The van der Waals surface area contributed by atoms with E-state index in [0.717, 1.165) is 55.3 Å². The van der Waals surface area contributed by atoms with Gasteiger partial charge in [-0.05, 0) is 45.7 Å². The molecule has 0 saturated heterocycles. The zero-order valence-corrected chi connectivity index (χ0v) is 25.3. The Morgan fingerprint density at radius 2 is 0.915 bits per heavy atom. The minimum atomic E-state index is 0.617. The zero-order valence-electron chi connectivity index (χ0n) is 25.3. The van der Waals surface area contributed by atoms with Crippen LogP contribution in [0.15, 0.2) is 168 Å². The lowest BCUT2D eigenvalue weighted by molar-refractivity contribution is 0.670. The molecule has 0 spiro atoms. The Kier molecular flexibility index (Phi) is 6.43. The fourth-order valence-electron chi connectivity index (χ4n) is 6.33. The van der Waals surface area contributed by atoms with Gasteiger partial charge in [0.05, 0.1) is 0 Å². The van der Waals surface area contributed by atoms with Crippen LogP contribution in [-0.2, 0) is 0 Å². The van der Waals surface area contributed by atoms with Crippen molar-refractivity contribution in [3.63, 3.8) is 0 Å². The maximum atomic E-state index is 6.36. The molecular weight excluding hydrogens is 574 g/mol. The van der Waals surface area contributed by atoms with Crippen LogP contribution in [0.3, 0.4) is 0 Å². The number of furan rings is 1. The van der Waals surface area contributed by atoms with E-state index >= 15 is 0 Å².